The molecule has 1 saturated carbocycles. The van der Waals surface area contributed by atoms with E-state index in [2.05, 4.69) is 33.9 Å². The lowest BCUT2D eigenvalue weighted by molar-refractivity contribution is -0.143. The van der Waals surface area contributed by atoms with Crippen LogP contribution >= 0.6 is 12.4 Å². The van der Waals surface area contributed by atoms with Gasteiger partial charge in [-0.05, 0) is 97.5 Å². The van der Waals surface area contributed by atoms with E-state index in [4.69, 9.17) is 0 Å². The molecule has 228 valence electrons. The van der Waals surface area contributed by atoms with Gasteiger partial charge in [0.2, 0.25) is 5.95 Å². The Morgan fingerprint density at radius 1 is 0.762 bits per heavy atom. The standard InChI is InChI=1S/C31H34F6N4.ClH/c1-2-40(18-21-7-3-4-8-21)28-16-24-10-5-9-23(24)15-25(28)20-41(29-38-11-6-12-39-29)19-22-13-26(30(32,33)34)17-27(14-22)31(35,36)37;/h6,11-17,21H,2-5,7-10,18-20H2,1H3;1H. The molecular formula is C31H35ClF6N4. The Labute approximate surface area is 248 Å². The second-order valence-electron chi connectivity index (χ2n) is 11.1. The van der Waals surface area contributed by atoms with E-state index in [0.717, 1.165) is 55.7 Å². The van der Waals surface area contributed by atoms with Gasteiger partial charge in [-0.1, -0.05) is 18.9 Å². The van der Waals surface area contributed by atoms with Crippen LogP contribution in [-0.2, 0) is 38.3 Å². The third-order valence-electron chi connectivity index (χ3n) is 8.19. The molecule has 0 bridgehead atoms. The number of benzene rings is 2. The number of hydrogen-bond acceptors (Lipinski definition) is 4. The van der Waals surface area contributed by atoms with Crippen LogP contribution in [0.2, 0.25) is 0 Å². The van der Waals surface area contributed by atoms with E-state index in [0.29, 0.717) is 5.92 Å². The largest absolute Gasteiger partial charge is 0.416 e. The molecule has 2 aliphatic carbocycles. The molecule has 1 fully saturated rings. The first-order valence-corrected chi connectivity index (χ1v) is 14.2. The van der Waals surface area contributed by atoms with Crippen molar-refractivity contribution in [3.05, 3.63) is 82.2 Å². The number of halogens is 7. The molecule has 0 spiro atoms. The summed E-state index contributed by atoms with van der Waals surface area (Å²) in [7, 11) is 0. The van der Waals surface area contributed by atoms with Crippen molar-refractivity contribution in [3.8, 4) is 0 Å². The number of aromatic nitrogens is 2. The van der Waals surface area contributed by atoms with Crippen molar-refractivity contribution in [3.63, 3.8) is 0 Å². The molecule has 0 saturated heterocycles. The Morgan fingerprint density at radius 2 is 1.36 bits per heavy atom. The zero-order valence-corrected chi connectivity index (χ0v) is 24.3. The third-order valence-corrected chi connectivity index (χ3v) is 8.19. The van der Waals surface area contributed by atoms with Crippen LogP contribution in [-0.4, -0.2) is 23.1 Å². The Kier molecular flexibility index (Phi) is 9.96. The molecule has 1 heterocycles. The van der Waals surface area contributed by atoms with Gasteiger partial charge in [0.05, 0.1) is 11.1 Å². The number of alkyl halides is 6. The number of hydrogen-bond donors (Lipinski definition) is 0. The fourth-order valence-electron chi connectivity index (χ4n) is 6.17. The Bertz CT molecular complexity index is 1310. The summed E-state index contributed by atoms with van der Waals surface area (Å²) >= 11 is 0. The number of aryl methyl sites for hydroxylation is 2. The second-order valence-corrected chi connectivity index (χ2v) is 11.1. The van der Waals surface area contributed by atoms with Crippen molar-refractivity contribution in [2.45, 2.75) is 77.3 Å². The highest BCUT2D eigenvalue weighted by Crippen LogP contribution is 2.38. The maximum atomic E-state index is 13.6. The first kappa shape index (κ1) is 31.9. The molecule has 42 heavy (non-hydrogen) atoms. The molecule has 0 radical (unpaired) electrons. The number of rotatable bonds is 9. The lowest BCUT2D eigenvalue weighted by Gasteiger charge is -2.31. The third kappa shape index (κ3) is 7.49. The molecule has 0 atom stereocenters. The van der Waals surface area contributed by atoms with Crippen molar-refractivity contribution in [1.82, 2.24) is 9.97 Å². The van der Waals surface area contributed by atoms with Crippen LogP contribution in [0.5, 0.6) is 0 Å². The summed E-state index contributed by atoms with van der Waals surface area (Å²) in [5, 5.41) is 0. The van der Waals surface area contributed by atoms with Crippen molar-refractivity contribution >= 4 is 24.0 Å². The summed E-state index contributed by atoms with van der Waals surface area (Å²) in [6.45, 7) is 3.86. The fourth-order valence-corrected chi connectivity index (χ4v) is 6.17. The molecule has 2 aliphatic rings. The topological polar surface area (TPSA) is 32.3 Å². The summed E-state index contributed by atoms with van der Waals surface area (Å²) in [4.78, 5) is 12.7. The van der Waals surface area contributed by atoms with E-state index < -0.39 is 23.5 Å². The van der Waals surface area contributed by atoms with Crippen LogP contribution < -0.4 is 9.80 Å². The van der Waals surface area contributed by atoms with Gasteiger partial charge in [0.15, 0.2) is 0 Å². The maximum Gasteiger partial charge on any atom is 0.416 e. The highest BCUT2D eigenvalue weighted by Gasteiger charge is 2.37. The average Bonchev–Trinajstić information content (AvgIpc) is 3.62. The number of fused-ring (bicyclic) bond motifs is 1. The van der Waals surface area contributed by atoms with Crippen molar-refractivity contribution in [1.29, 1.82) is 0 Å². The molecule has 0 N–H and O–H groups in total. The highest BCUT2D eigenvalue weighted by atomic mass is 35.5. The van der Waals surface area contributed by atoms with Gasteiger partial charge in [-0.15, -0.1) is 12.4 Å². The minimum absolute atomic E-state index is 0. The van der Waals surface area contributed by atoms with Crippen LogP contribution in [0, 0.1) is 5.92 Å². The summed E-state index contributed by atoms with van der Waals surface area (Å²) < 4.78 is 81.6. The molecule has 5 rings (SSSR count). The van der Waals surface area contributed by atoms with Gasteiger partial charge >= 0.3 is 12.4 Å². The smallest absolute Gasteiger partial charge is 0.371 e. The Hall–Kier alpha value is -3.01. The zero-order valence-electron chi connectivity index (χ0n) is 23.4. The first-order valence-electron chi connectivity index (χ1n) is 14.2. The van der Waals surface area contributed by atoms with Gasteiger partial charge in [-0.25, -0.2) is 9.97 Å². The second kappa shape index (κ2) is 13.1. The van der Waals surface area contributed by atoms with E-state index in [1.165, 1.54) is 49.2 Å². The van der Waals surface area contributed by atoms with Gasteiger partial charge in [0.1, 0.15) is 0 Å². The molecule has 0 amide bonds. The number of nitrogens with zero attached hydrogens (tertiary/aromatic N) is 4. The van der Waals surface area contributed by atoms with Crippen LogP contribution in [0.15, 0.2) is 48.8 Å². The van der Waals surface area contributed by atoms with E-state index in [1.54, 1.807) is 11.0 Å². The van der Waals surface area contributed by atoms with Gasteiger partial charge in [-0.2, -0.15) is 26.3 Å². The number of anilines is 2. The SMILES string of the molecule is CCN(CC1CCCC1)c1cc2c(cc1CN(Cc1cc(C(F)(F)F)cc(C(F)(F)F)c1)c1ncccn1)CCC2.Cl. The van der Waals surface area contributed by atoms with E-state index in [9.17, 15) is 26.3 Å². The van der Waals surface area contributed by atoms with Gasteiger partial charge < -0.3 is 9.80 Å². The minimum Gasteiger partial charge on any atom is -0.371 e. The molecule has 0 unspecified atom stereocenters. The van der Waals surface area contributed by atoms with E-state index in [1.807, 2.05) is 0 Å². The maximum absolute atomic E-state index is 13.6. The summed E-state index contributed by atoms with van der Waals surface area (Å²) in [5.41, 5.74) is 1.82. The van der Waals surface area contributed by atoms with Gasteiger partial charge in [0.25, 0.3) is 0 Å². The first-order chi connectivity index (χ1) is 19.5. The summed E-state index contributed by atoms with van der Waals surface area (Å²) in [6.07, 6.45) is 1.05. The Balaban J connectivity index is 0.00000405. The normalized spacial score (nSPS) is 15.4. The van der Waals surface area contributed by atoms with Crippen molar-refractivity contribution in [2.75, 3.05) is 22.9 Å². The van der Waals surface area contributed by atoms with Crippen LogP contribution in [0.4, 0.5) is 38.0 Å². The van der Waals surface area contributed by atoms with Crippen LogP contribution in [0.1, 0.15) is 72.4 Å². The van der Waals surface area contributed by atoms with Crippen molar-refractivity contribution in [2.24, 2.45) is 5.92 Å². The quantitative estimate of drug-likeness (QED) is 0.226. The van der Waals surface area contributed by atoms with Gasteiger partial charge in [-0.3, -0.25) is 0 Å². The molecule has 11 heteroatoms. The summed E-state index contributed by atoms with van der Waals surface area (Å²) in [6, 6.07) is 7.76. The van der Waals surface area contributed by atoms with Crippen LogP contribution in [0.25, 0.3) is 0 Å². The van der Waals surface area contributed by atoms with E-state index in [-0.39, 0.29) is 43.1 Å². The van der Waals surface area contributed by atoms with Crippen molar-refractivity contribution < 1.29 is 26.3 Å². The lowest BCUT2D eigenvalue weighted by Crippen LogP contribution is -2.31. The van der Waals surface area contributed by atoms with Crippen LogP contribution in [0.3, 0.4) is 0 Å². The molecule has 0 aliphatic heterocycles. The fraction of sp³-hybridized carbons (Fsp3) is 0.484. The zero-order chi connectivity index (χ0) is 29.2. The average molecular weight is 613 g/mol. The Morgan fingerprint density at radius 3 is 1.93 bits per heavy atom. The molecule has 3 aromatic rings. The minimum atomic E-state index is -4.92. The predicted octanol–water partition coefficient (Wildman–Crippen LogP) is 8.65. The monoisotopic (exact) mass is 612 g/mol. The molecular weight excluding hydrogens is 578 g/mol. The molecule has 1 aromatic heterocycles. The van der Waals surface area contributed by atoms with Gasteiger partial charge in [0, 0.05) is 44.3 Å². The molecule has 4 nitrogen and oxygen atoms in total. The van der Waals surface area contributed by atoms with E-state index >= 15 is 0 Å². The predicted molar refractivity (Wildman–Crippen MR) is 154 cm³/mol. The molecule has 2 aromatic carbocycles. The summed E-state index contributed by atoms with van der Waals surface area (Å²) in [5.74, 6) is 0.847. The lowest BCUT2D eigenvalue weighted by atomic mass is 10.0. The highest BCUT2D eigenvalue weighted by molar-refractivity contribution is 5.85.